The van der Waals surface area contributed by atoms with Crippen LogP contribution in [-0.2, 0) is 15.8 Å². The number of fused-ring (bicyclic) bond motifs is 3. The van der Waals surface area contributed by atoms with Crippen molar-refractivity contribution in [3.05, 3.63) is 29.8 Å². The Balaban J connectivity index is 1.07. The molecule has 4 nitrogen and oxygen atoms in total. The van der Waals surface area contributed by atoms with E-state index < -0.39 is 17.6 Å². The van der Waals surface area contributed by atoms with E-state index in [9.17, 15) is 22.8 Å². The number of carbonyl (C=O) groups is 2. The van der Waals surface area contributed by atoms with Gasteiger partial charge < -0.3 is 5.32 Å². The van der Waals surface area contributed by atoms with Crippen LogP contribution in [0, 0.1) is 29.6 Å². The predicted molar refractivity (Wildman–Crippen MR) is 106 cm³/mol. The van der Waals surface area contributed by atoms with Crippen molar-refractivity contribution in [1.29, 1.82) is 0 Å². The first-order valence-corrected chi connectivity index (χ1v) is 11.0. The molecule has 1 N–H and O–H groups in total. The summed E-state index contributed by atoms with van der Waals surface area (Å²) in [5, 5.41) is 2.48. The van der Waals surface area contributed by atoms with E-state index in [4.69, 9.17) is 0 Å². The number of Topliss-reactive ketones (excluding diaryl/α,β-unsaturated/α-hetero) is 1. The Morgan fingerprint density at radius 1 is 1.07 bits per heavy atom. The number of ketones is 1. The average molecular weight is 420 g/mol. The lowest BCUT2D eigenvalue weighted by atomic mass is 9.93. The highest BCUT2D eigenvalue weighted by atomic mass is 19.4. The highest BCUT2D eigenvalue weighted by Gasteiger charge is 2.60. The third-order valence-electron chi connectivity index (χ3n) is 7.84. The molecule has 4 aliphatic rings. The van der Waals surface area contributed by atoms with Crippen LogP contribution in [0.2, 0.25) is 0 Å². The van der Waals surface area contributed by atoms with Crippen LogP contribution in [0.3, 0.4) is 0 Å². The lowest BCUT2D eigenvalue weighted by Gasteiger charge is -2.32. The fourth-order valence-corrected chi connectivity index (χ4v) is 6.37. The van der Waals surface area contributed by atoms with Gasteiger partial charge in [0.2, 0.25) is 5.91 Å². The predicted octanol–water partition coefficient (Wildman–Crippen LogP) is 4.36. The fraction of sp³-hybridized carbons (Fsp3) is 0.652. The van der Waals surface area contributed by atoms with Crippen molar-refractivity contribution in [3.8, 4) is 0 Å². The summed E-state index contributed by atoms with van der Waals surface area (Å²) in [4.78, 5) is 27.3. The minimum absolute atomic E-state index is 0.0150. The number of halogens is 3. The minimum atomic E-state index is -4.45. The summed E-state index contributed by atoms with van der Waals surface area (Å²) in [7, 11) is 0. The third-order valence-corrected chi connectivity index (χ3v) is 7.84. The number of alkyl halides is 3. The zero-order chi connectivity index (χ0) is 21.0. The van der Waals surface area contributed by atoms with E-state index in [2.05, 4.69) is 10.2 Å². The SMILES string of the molecule is O=C(CCC(=O)C1[C@H]2CN(C3C[C@@H]4CC[C@H]3C4)C[C@@H]12)Nc1cccc(C(F)(F)F)c1. The summed E-state index contributed by atoms with van der Waals surface area (Å²) >= 11 is 0. The van der Waals surface area contributed by atoms with Crippen LogP contribution in [0.25, 0.3) is 0 Å². The van der Waals surface area contributed by atoms with Crippen LogP contribution in [0.15, 0.2) is 24.3 Å². The second-order valence-corrected chi connectivity index (χ2v) is 9.64. The van der Waals surface area contributed by atoms with Gasteiger partial charge in [0.15, 0.2) is 0 Å². The summed E-state index contributed by atoms with van der Waals surface area (Å²) in [6.07, 6.45) is 1.21. The molecular weight excluding hydrogens is 393 g/mol. The number of nitrogens with one attached hydrogen (secondary N) is 1. The van der Waals surface area contributed by atoms with E-state index in [1.54, 1.807) is 0 Å². The second kappa shape index (κ2) is 7.36. The molecule has 0 radical (unpaired) electrons. The van der Waals surface area contributed by atoms with Gasteiger partial charge >= 0.3 is 6.18 Å². The summed E-state index contributed by atoms with van der Waals surface area (Å²) in [6, 6.07) is 5.28. The van der Waals surface area contributed by atoms with E-state index in [1.165, 1.54) is 37.8 Å². The number of nitrogens with zero attached hydrogens (tertiary/aromatic N) is 1. The lowest BCUT2D eigenvalue weighted by Crippen LogP contribution is -2.39. The van der Waals surface area contributed by atoms with Gasteiger partial charge in [-0.05, 0) is 61.1 Å². The molecule has 1 saturated heterocycles. The number of anilines is 1. The van der Waals surface area contributed by atoms with Gasteiger partial charge in [0.05, 0.1) is 5.56 Å². The molecule has 5 rings (SSSR count). The van der Waals surface area contributed by atoms with Gasteiger partial charge in [0.1, 0.15) is 5.78 Å². The largest absolute Gasteiger partial charge is 0.416 e. The van der Waals surface area contributed by atoms with Crippen LogP contribution in [-0.4, -0.2) is 35.7 Å². The Morgan fingerprint density at radius 3 is 2.47 bits per heavy atom. The van der Waals surface area contributed by atoms with Crippen molar-refractivity contribution in [2.45, 2.75) is 50.7 Å². The van der Waals surface area contributed by atoms with Crippen molar-refractivity contribution in [2.24, 2.45) is 29.6 Å². The summed E-state index contributed by atoms with van der Waals surface area (Å²) in [5.41, 5.74) is -0.700. The van der Waals surface area contributed by atoms with Gasteiger partial charge in [-0.3, -0.25) is 14.5 Å². The van der Waals surface area contributed by atoms with Gasteiger partial charge in [-0.25, -0.2) is 0 Å². The van der Waals surface area contributed by atoms with E-state index in [1.807, 2.05) is 0 Å². The van der Waals surface area contributed by atoms with Crippen LogP contribution < -0.4 is 5.32 Å². The normalized spacial score (nSPS) is 34.8. The molecule has 1 aliphatic heterocycles. The van der Waals surface area contributed by atoms with E-state index in [0.717, 1.165) is 43.1 Å². The molecule has 2 unspecified atom stereocenters. The molecule has 7 heteroatoms. The highest BCUT2D eigenvalue weighted by Crippen LogP contribution is 2.56. The van der Waals surface area contributed by atoms with E-state index in [0.29, 0.717) is 11.8 Å². The van der Waals surface area contributed by atoms with Crippen molar-refractivity contribution < 1.29 is 22.8 Å². The zero-order valence-corrected chi connectivity index (χ0v) is 16.8. The maximum atomic E-state index is 12.8. The van der Waals surface area contributed by atoms with Crippen LogP contribution in [0.4, 0.5) is 18.9 Å². The Morgan fingerprint density at radius 2 is 1.83 bits per heavy atom. The number of piperidine rings is 1. The van der Waals surface area contributed by atoms with Gasteiger partial charge in [-0.15, -0.1) is 0 Å². The lowest BCUT2D eigenvalue weighted by molar-refractivity contribution is -0.137. The molecule has 4 fully saturated rings. The molecule has 3 saturated carbocycles. The molecule has 1 aromatic rings. The van der Waals surface area contributed by atoms with Crippen LogP contribution in [0.5, 0.6) is 0 Å². The van der Waals surface area contributed by atoms with Crippen molar-refractivity contribution >= 4 is 17.4 Å². The molecule has 1 heterocycles. The van der Waals surface area contributed by atoms with Crippen LogP contribution in [0.1, 0.15) is 44.1 Å². The Bertz CT molecular complexity index is 843. The van der Waals surface area contributed by atoms with Gasteiger partial charge in [0.25, 0.3) is 0 Å². The Hall–Kier alpha value is -1.89. The Labute approximate surface area is 174 Å². The molecule has 6 atom stereocenters. The summed E-state index contributed by atoms with van der Waals surface area (Å²) in [6.45, 7) is 2.04. The summed E-state index contributed by atoms with van der Waals surface area (Å²) < 4.78 is 38.3. The van der Waals surface area contributed by atoms with Gasteiger partial charge in [-0.1, -0.05) is 12.5 Å². The van der Waals surface area contributed by atoms with Gasteiger partial charge in [0, 0.05) is 43.6 Å². The summed E-state index contributed by atoms with van der Waals surface area (Å²) in [5.74, 6) is 2.48. The first kappa shape index (κ1) is 20.0. The maximum Gasteiger partial charge on any atom is 0.416 e. The van der Waals surface area contributed by atoms with E-state index in [-0.39, 0.29) is 30.2 Å². The number of rotatable bonds is 6. The molecule has 1 aromatic carbocycles. The van der Waals surface area contributed by atoms with Gasteiger partial charge in [-0.2, -0.15) is 13.2 Å². The molecule has 0 aromatic heterocycles. The molecule has 0 spiro atoms. The highest BCUT2D eigenvalue weighted by molar-refractivity contribution is 5.94. The average Bonchev–Trinajstić information content (AvgIpc) is 3.12. The number of carbonyl (C=O) groups excluding carboxylic acids is 2. The number of likely N-dealkylation sites (tertiary alicyclic amines) is 1. The molecular formula is C23H27F3N2O2. The van der Waals surface area contributed by atoms with Crippen molar-refractivity contribution in [3.63, 3.8) is 0 Å². The number of hydrogen-bond donors (Lipinski definition) is 1. The van der Waals surface area contributed by atoms with E-state index >= 15 is 0 Å². The number of hydrogen-bond acceptors (Lipinski definition) is 3. The monoisotopic (exact) mass is 420 g/mol. The fourth-order valence-electron chi connectivity index (χ4n) is 6.37. The molecule has 1 amide bonds. The van der Waals surface area contributed by atoms with Crippen LogP contribution >= 0.6 is 0 Å². The number of amides is 1. The first-order chi connectivity index (χ1) is 14.3. The molecule has 3 aliphatic carbocycles. The molecule has 30 heavy (non-hydrogen) atoms. The standard InChI is InChI=1S/C23H27F3N2O2/c24-23(25,26)15-2-1-3-16(10-15)27-21(30)7-6-20(29)22-17-11-28(12-18(17)22)19-9-13-4-5-14(19)8-13/h1-3,10,13-14,17-19,22H,4-9,11-12H2,(H,27,30)/t13-,14+,17-,18+,19?,22?/m1/s1. The maximum absolute atomic E-state index is 12.8. The minimum Gasteiger partial charge on any atom is -0.326 e. The Kier molecular flexibility index (Phi) is 4.92. The number of benzene rings is 1. The smallest absolute Gasteiger partial charge is 0.326 e. The van der Waals surface area contributed by atoms with Crippen molar-refractivity contribution in [1.82, 2.24) is 4.90 Å². The molecule has 162 valence electrons. The second-order valence-electron chi connectivity index (χ2n) is 9.64. The van der Waals surface area contributed by atoms with Crippen molar-refractivity contribution in [2.75, 3.05) is 18.4 Å². The first-order valence-electron chi connectivity index (χ1n) is 11.0. The third kappa shape index (κ3) is 3.77. The molecule has 2 bridgehead atoms. The quantitative estimate of drug-likeness (QED) is 0.744. The topological polar surface area (TPSA) is 49.4 Å². The zero-order valence-electron chi connectivity index (χ0n) is 16.8.